The Morgan fingerprint density at radius 3 is 2.32 bits per heavy atom. The van der Waals surface area contributed by atoms with Crippen LogP contribution in [0.2, 0.25) is 0 Å². The molecule has 0 radical (unpaired) electrons. The van der Waals surface area contributed by atoms with E-state index in [0.29, 0.717) is 30.0 Å². The molecule has 0 atom stereocenters. The Morgan fingerprint density at radius 2 is 1.74 bits per heavy atom. The lowest BCUT2D eigenvalue weighted by Gasteiger charge is -2.40. The van der Waals surface area contributed by atoms with E-state index in [1.165, 1.54) is 24.3 Å². The van der Waals surface area contributed by atoms with Crippen molar-refractivity contribution in [1.82, 2.24) is 9.88 Å². The van der Waals surface area contributed by atoms with Crippen molar-refractivity contribution in [2.75, 3.05) is 18.4 Å². The van der Waals surface area contributed by atoms with Gasteiger partial charge in [-0.25, -0.2) is 14.2 Å². The molecule has 1 N–H and O–H groups in total. The molecule has 1 saturated heterocycles. The maximum atomic E-state index is 13.2. The van der Waals surface area contributed by atoms with Crippen LogP contribution >= 0.6 is 0 Å². The van der Waals surface area contributed by atoms with E-state index in [0.717, 1.165) is 5.56 Å². The number of carbonyl (C=O) groups excluding carboxylic acids is 1. The Bertz CT molecular complexity index is 1200. The average Bonchev–Trinajstić information content (AvgIpc) is 2.73. The molecule has 34 heavy (non-hydrogen) atoms. The zero-order valence-electron chi connectivity index (χ0n) is 19.1. The van der Waals surface area contributed by atoms with Crippen molar-refractivity contribution < 1.29 is 18.8 Å². The van der Waals surface area contributed by atoms with Crippen molar-refractivity contribution in [2.45, 2.75) is 32.3 Å². The third-order valence-electron chi connectivity index (χ3n) is 5.39. The molecule has 0 saturated carbocycles. The van der Waals surface area contributed by atoms with Gasteiger partial charge in [0.15, 0.2) is 0 Å². The molecule has 1 aromatic heterocycles. The van der Waals surface area contributed by atoms with Gasteiger partial charge in [0.05, 0.1) is 10.6 Å². The van der Waals surface area contributed by atoms with Crippen LogP contribution in [0.1, 0.15) is 32.3 Å². The molecule has 1 fully saturated rings. The van der Waals surface area contributed by atoms with Crippen LogP contribution in [-0.4, -0.2) is 39.6 Å². The summed E-state index contributed by atoms with van der Waals surface area (Å²) in [6, 6.07) is 16.2. The summed E-state index contributed by atoms with van der Waals surface area (Å²) in [5.74, 6) is -0.0695. The Hall–Kier alpha value is -4.01. The molecular weight excluding hydrogens is 439 g/mol. The number of pyridine rings is 1. The Balaban J connectivity index is 1.46. The van der Waals surface area contributed by atoms with E-state index in [1.54, 1.807) is 17.0 Å². The molecule has 4 rings (SSSR count). The number of nitrogens with one attached hydrogen (secondary N) is 1. The number of hydrogen-bond donors (Lipinski definition) is 1. The number of aromatic nitrogens is 1. The normalized spacial score (nSPS) is 13.8. The molecule has 0 bridgehead atoms. The van der Waals surface area contributed by atoms with Crippen LogP contribution < -0.4 is 5.32 Å². The van der Waals surface area contributed by atoms with Gasteiger partial charge < -0.3 is 15.0 Å². The maximum absolute atomic E-state index is 13.2. The van der Waals surface area contributed by atoms with Gasteiger partial charge in [0, 0.05) is 36.3 Å². The van der Waals surface area contributed by atoms with Crippen molar-refractivity contribution in [1.29, 1.82) is 0 Å². The number of nitro groups is 1. The van der Waals surface area contributed by atoms with Crippen molar-refractivity contribution in [2.24, 2.45) is 0 Å². The average molecular weight is 464 g/mol. The van der Waals surface area contributed by atoms with E-state index >= 15 is 0 Å². The maximum Gasteiger partial charge on any atom is 0.410 e. The quantitative estimate of drug-likeness (QED) is 0.374. The summed E-state index contributed by atoms with van der Waals surface area (Å²) in [5, 5.41) is 14.5. The van der Waals surface area contributed by atoms with Gasteiger partial charge in [0.1, 0.15) is 11.4 Å². The minimum atomic E-state index is -0.528. The lowest BCUT2D eigenvalue weighted by Crippen LogP contribution is -2.50. The number of nitrogens with zero attached hydrogens (tertiary/aromatic N) is 3. The van der Waals surface area contributed by atoms with Gasteiger partial charge in [0.25, 0.3) is 0 Å². The Kier molecular flexibility index (Phi) is 6.19. The fraction of sp³-hybridized carbons (Fsp3) is 0.280. The number of ether oxygens (including phenoxy) is 1. The van der Waals surface area contributed by atoms with Crippen LogP contribution in [0.15, 0.2) is 60.7 Å². The number of likely N-dealkylation sites (tertiary alicyclic amines) is 1. The highest BCUT2D eigenvalue weighted by Gasteiger charge is 2.34. The second kappa shape index (κ2) is 9.09. The van der Waals surface area contributed by atoms with Crippen LogP contribution in [0.4, 0.5) is 26.4 Å². The molecule has 1 aliphatic rings. The first kappa shape index (κ1) is 23.2. The molecule has 1 amide bonds. The Labute approximate surface area is 196 Å². The largest absolute Gasteiger partial charge is 0.444 e. The van der Waals surface area contributed by atoms with Gasteiger partial charge >= 0.3 is 11.8 Å². The first-order valence-electron chi connectivity index (χ1n) is 10.9. The van der Waals surface area contributed by atoms with Gasteiger partial charge in [-0.2, -0.15) is 0 Å². The van der Waals surface area contributed by atoms with Crippen LogP contribution in [0.25, 0.3) is 11.3 Å². The van der Waals surface area contributed by atoms with Crippen LogP contribution in [0.5, 0.6) is 0 Å². The summed E-state index contributed by atoms with van der Waals surface area (Å²) >= 11 is 0. The summed E-state index contributed by atoms with van der Waals surface area (Å²) < 4.78 is 18.6. The highest BCUT2D eigenvalue weighted by molar-refractivity contribution is 5.71. The zero-order valence-corrected chi connectivity index (χ0v) is 19.1. The van der Waals surface area contributed by atoms with Crippen LogP contribution in [0, 0.1) is 15.9 Å². The fourth-order valence-corrected chi connectivity index (χ4v) is 3.61. The molecule has 0 aliphatic carbocycles. The number of halogens is 1. The first-order valence-corrected chi connectivity index (χ1v) is 10.9. The Morgan fingerprint density at radius 1 is 1.09 bits per heavy atom. The molecule has 0 spiro atoms. The van der Waals surface area contributed by atoms with E-state index in [2.05, 4.69) is 10.3 Å². The summed E-state index contributed by atoms with van der Waals surface area (Å²) in [5.41, 5.74) is 2.14. The smallest absolute Gasteiger partial charge is 0.410 e. The topological polar surface area (TPSA) is 97.6 Å². The summed E-state index contributed by atoms with van der Waals surface area (Å²) in [6.45, 7) is 6.66. The highest BCUT2D eigenvalue weighted by Crippen LogP contribution is 2.32. The second-order valence-corrected chi connectivity index (χ2v) is 9.16. The molecule has 0 unspecified atom stereocenters. The van der Waals surface area contributed by atoms with Crippen LogP contribution in [-0.2, 0) is 4.74 Å². The van der Waals surface area contributed by atoms with Gasteiger partial charge in [-0.1, -0.05) is 12.1 Å². The third kappa shape index (κ3) is 5.31. The minimum absolute atomic E-state index is 0.0966. The van der Waals surface area contributed by atoms with Crippen LogP contribution in [0.3, 0.4) is 0 Å². The summed E-state index contributed by atoms with van der Waals surface area (Å²) in [7, 11) is 0. The predicted molar refractivity (Wildman–Crippen MR) is 127 cm³/mol. The molecule has 9 heteroatoms. The van der Waals surface area contributed by atoms with E-state index in [-0.39, 0.29) is 29.3 Å². The lowest BCUT2D eigenvalue weighted by atomic mass is 9.92. The zero-order chi connectivity index (χ0) is 24.5. The number of anilines is 2. The summed E-state index contributed by atoms with van der Waals surface area (Å²) in [6.07, 6.45) is -0.318. The van der Waals surface area contributed by atoms with Crippen molar-refractivity contribution in [3.63, 3.8) is 0 Å². The van der Waals surface area contributed by atoms with Crippen molar-refractivity contribution in [3.05, 3.63) is 82.2 Å². The fourth-order valence-electron chi connectivity index (χ4n) is 3.61. The highest BCUT2D eigenvalue weighted by atomic mass is 19.1. The molecular formula is C25H25FN4O4. The minimum Gasteiger partial charge on any atom is -0.444 e. The molecule has 176 valence electrons. The van der Waals surface area contributed by atoms with Gasteiger partial charge in [-0.15, -0.1) is 0 Å². The number of carbonyl (C=O) groups is 1. The van der Waals surface area contributed by atoms with Crippen molar-refractivity contribution in [3.8, 4) is 11.3 Å². The molecule has 1 aliphatic heterocycles. The monoisotopic (exact) mass is 464 g/mol. The SMILES string of the molecule is CC(C)(C)OC(=O)N1CC(c2ccc(Nc3nc(-c4ccc(F)cc4)ccc3[N+](=O)[O-])cc2)C1. The summed E-state index contributed by atoms with van der Waals surface area (Å²) in [4.78, 5) is 29.2. The first-order chi connectivity index (χ1) is 16.1. The van der Waals surface area contributed by atoms with Gasteiger partial charge in [-0.05, 0) is 68.8 Å². The molecule has 8 nitrogen and oxygen atoms in total. The van der Waals surface area contributed by atoms with Gasteiger partial charge in [-0.3, -0.25) is 10.1 Å². The van der Waals surface area contributed by atoms with Gasteiger partial charge in [0.2, 0.25) is 5.82 Å². The lowest BCUT2D eigenvalue weighted by molar-refractivity contribution is -0.384. The van der Waals surface area contributed by atoms with E-state index in [1.807, 2.05) is 45.0 Å². The number of rotatable bonds is 5. The molecule has 3 aromatic rings. The second-order valence-electron chi connectivity index (χ2n) is 9.16. The number of amides is 1. The van der Waals surface area contributed by atoms with E-state index in [9.17, 15) is 19.3 Å². The number of hydrogen-bond acceptors (Lipinski definition) is 6. The molecule has 2 aromatic carbocycles. The van der Waals surface area contributed by atoms with E-state index < -0.39 is 10.5 Å². The van der Waals surface area contributed by atoms with Crippen molar-refractivity contribution >= 4 is 23.3 Å². The predicted octanol–water partition coefficient (Wildman–Crippen LogP) is 5.87. The number of benzene rings is 2. The van der Waals surface area contributed by atoms with E-state index in [4.69, 9.17) is 4.74 Å². The standard InChI is InChI=1S/C25H25FN4O4/c1-25(2,3)34-24(31)29-14-18(15-29)16-6-10-20(11-7-16)27-23-22(30(32)33)13-12-21(28-23)17-4-8-19(26)9-5-17/h4-13,18H,14-15H2,1-3H3,(H,27,28). The third-order valence-corrected chi connectivity index (χ3v) is 5.39. The molecule has 2 heterocycles.